The lowest BCUT2D eigenvalue weighted by Crippen LogP contribution is -2.52. The Morgan fingerprint density at radius 1 is 1.00 bits per heavy atom. The smallest absolute Gasteiger partial charge is 0.192 e. The number of fused-ring (bicyclic) bond motifs is 5. The summed E-state index contributed by atoms with van der Waals surface area (Å²) in [6.07, 6.45) is 14.0. The van der Waals surface area contributed by atoms with E-state index in [9.17, 15) is 0 Å². The van der Waals surface area contributed by atoms with Gasteiger partial charge in [0.2, 0.25) is 0 Å². The molecule has 4 fully saturated rings. The van der Waals surface area contributed by atoms with E-state index in [1.807, 2.05) is 0 Å². The van der Waals surface area contributed by atoms with Crippen LogP contribution in [-0.2, 0) is 9.16 Å². The van der Waals surface area contributed by atoms with Crippen molar-refractivity contribution in [2.75, 3.05) is 6.61 Å². The van der Waals surface area contributed by atoms with Crippen molar-refractivity contribution in [3.8, 4) is 0 Å². The van der Waals surface area contributed by atoms with Crippen molar-refractivity contribution >= 4 is 8.32 Å². The molecule has 2 nitrogen and oxygen atoms in total. The van der Waals surface area contributed by atoms with Crippen LogP contribution in [0, 0.1) is 34.5 Å². The molecule has 3 saturated carbocycles. The van der Waals surface area contributed by atoms with Crippen LogP contribution in [0.3, 0.4) is 0 Å². The third kappa shape index (κ3) is 3.38. The van der Waals surface area contributed by atoms with Crippen LogP contribution in [0.1, 0.15) is 92.9 Å². The molecule has 0 bridgehead atoms. The molecule has 0 radical (unpaired) electrons. The molecule has 3 heteroatoms. The van der Waals surface area contributed by atoms with E-state index in [2.05, 4.69) is 60.7 Å². The molecule has 5 aliphatic rings. The molecular weight excluding hydrogens is 396 g/mol. The summed E-state index contributed by atoms with van der Waals surface area (Å²) >= 11 is 0. The van der Waals surface area contributed by atoms with Crippen molar-refractivity contribution in [1.82, 2.24) is 0 Å². The molecule has 0 N–H and O–H groups in total. The van der Waals surface area contributed by atoms with Crippen LogP contribution in [0.4, 0.5) is 0 Å². The first-order valence-corrected chi connectivity index (χ1v) is 16.2. The quantitative estimate of drug-likeness (QED) is 0.252. The summed E-state index contributed by atoms with van der Waals surface area (Å²) in [7, 11) is -1.69. The van der Waals surface area contributed by atoms with Crippen molar-refractivity contribution in [3.05, 3.63) is 11.6 Å². The Hall–Kier alpha value is -0.123. The van der Waals surface area contributed by atoms with Crippen molar-refractivity contribution in [1.29, 1.82) is 0 Å². The summed E-state index contributed by atoms with van der Waals surface area (Å²) in [4.78, 5) is 0. The second-order valence-electron chi connectivity index (χ2n) is 14.3. The minimum atomic E-state index is -1.69. The first-order valence-electron chi connectivity index (χ1n) is 13.3. The topological polar surface area (TPSA) is 21.8 Å². The van der Waals surface area contributed by atoms with Crippen molar-refractivity contribution in [2.45, 2.75) is 123 Å². The summed E-state index contributed by atoms with van der Waals surface area (Å²) in [5.74, 6) is 3.50. The zero-order valence-electron chi connectivity index (χ0n) is 21.6. The maximum absolute atomic E-state index is 6.90. The lowest BCUT2D eigenvalue weighted by Gasteiger charge is -2.58. The molecule has 1 saturated heterocycles. The summed E-state index contributed by atoms with van der Waals surface area (Å²) in [5.41, 5.74) is 2.90. The van der Waals surface area contributed by atoms with E-state index in [0.717, 1.165) is 30.3 Å². The molecule has 0 aromatic rings. The van der Waals surface area contributed by atoms with Gasteiger partial charge in [-0.2, -0.15) is 0 Å². The van der Waals surface area contributed by atoms with E-state index in [-0.39, 0.29) is 5.60 Å². The second-order valence-corrected chi connectivity index (χ2v) is 19.0. The molecule has 31 heavy (non-hydrogen) atoms. The minimum absolute atomic E-state index is 0.203. The van der Waals surface area contributed by atoms with Gasteiger partial charge in [-0.3, -0.25) is 0 Å². The fourth-order valence-electron chi connectivity index (χ4n) is 8.64. The lowest BCUT2D eigenvalue weighted by molar-refractivity contribution is -0.0588. The van der Waals surface area contributed by atoms with Gasteiger partial charge in [-0.05, 0) is 111 Å². The average molecular weight is 445 g/mol. The van der Waals surface area contributed by atoms with Gasteiger partial charge in [0.1, 0.15) is 0 Å². The minimum Gasteiger partial charge on any atom is -0.414 e. The molecule has 1 aliphatic heterocycles. The van der Waals surface area contributed by atoms with Crippen LogP contribution in [0.2, 0.25) is 18.1 Å². The van der Waals surface area contributed by atoms with E-state index in [4.69, 9.17) is 9.16 Å². The van der Waals surface area contributed by atoms with E-state index in [1.165, 1.54) is 51.4 Å². The van der Waals surface area contributed by atoms with Gasteiger partial charge in [-0.25, -0.2) is 0 Å². The zero-order valence-corrected chi connectivity index (χ0v) is 22.6. The van der Waals surface area contributed by atoms with Gasteiger partial charge >= 0.3 is 0 Å². The van der Waals surface area contributed by atoms with Crippen LogP contribution in [0.25, 0.3) is 0 Å². The summed E-state index contributed by atoms with van der Waals surface area (Å²) < 4.78 is 12.9. The highest BCUT2D eigenvalue weighted by atomic mass is 28.4. The van der Waals surface area contributed by atoms with Crippen molar-refractivity contribution in [3.63, 3.8) is 0 Å². The standard InChI is InChI=1S/C28H48O2Si/c1-25(2,3)31(7,8)30-20-13-15-26(4)19(17-20)9-10-21-22-11-12-24(28(6)18-29-28)27(22,5)16-14-23(21)26/h9,20-24H,10-18H2,1-8H3/t20?,21-,22-,23-,24-,26-,27-,28-/m0/s1. The van der Waals surface area contributed by atoms with Gasteiger partial charge in [0.15, 0.2) is 8.32 Å². The Bertz CT molecular complexity index is 759. The number of allylic oxidation sites excluding steroid dienone is 1. The molecule has 4 aliphatic carbocycles. The first-order chi connectivity index (χ1) is 14.3. The fourth-order valence-corrected chi connectivity index (χ4v) is 10.0. The lowest BCUT2D eigenvalue weighted by atomic mass is 9.47. The molecular formula is C28H48O2Si. The summed E-state index contributed by atoms with van der Waals surface area (Å²) in [6, 6.07) is 0. The number of epoxide rings is 1. The number of rotatable bonds is 3. The van der Waals surface area contributed by atoms with Crippen molar-refractivity contribution in [2.24, 2.45) is 34.5 Å². The number of hydrogen-bond acceptors (Lipinski definition) is 2. The van der Waals surface area contributed by atoms with E-state index in [0.29, 0.717) is 22.0 Å². The first kappa shape index (κ1) is 22.7. The Labute approximate surface area is 193 Å². The predicted octanol–water partition coefficient (Wildman–Crippen LogP) is 7.74. The number of hydrogen-bond donors (Lipinski definition) is 0. The van der Waals surface area contributed by atoms with Gasteiger partial charge in [0.25, 0.3) is 0 Å². The van der Waals surface area contributed by atoms with Gasteiger partial charge in [-0.1, -0.05) is 46.3 Å². The molecule has 0 amide bonds. The van der Waals surface area contributed by atoms with Gasteiger partial charge in [0, 0.05) is 6.10 Å². The highest BCUT2D eigenvalue weighted by Crippen LogP contribution is 2.69. The molecule has 5 rings (SSSR count). The van der Waals surface area contributed by atoms with Gasteiger partial charge in [-0.15, -0.1) is 0 Å². The molecule has 1 heterocycles. The van der Waals surface area contributed by atoms with Crippen LogP contribution >= 0.6 is 0 Å². The van der Waals surface area contributed by atoms with Crippen molar-refractivity contribution < 1.29 is 9.16 Å². The van der Waals surface area contributed by atoms with Gasteiger partial charge in [0.05, 0.1) is 12.2 Å². The third-order valence-electron chi connectivity index (χ3n) is 11.7. The SMILES string of the molecule is CC(C)(C)[Si](C)(C)OC1CC[C@@]2(C)C(=CC[C@H]3[C@@H]4CC[C@H]([C@]5(C)CO5)[C@@]4(C)CC[C@@H]32)C1. The molecule has 176 valence electrons. The predicted molar refractivity (Wildman–Crippen MR) is 132 cm³/mol. The molecule has 1 unspecified atom stereocenters. The van der Waals surface area contributed by atoms with Crippen LogP contribution in [-0.4, -0.2) is 26.6 Å². The molecule has 8 atom stereocenters. The zero-order chi connectivity index (χ0) is 22.4. The van der Waals surface area contributed by atoms with Gasteiger partial charge < -0.3 is 9.16 Å². The Morgan fingerprint density at radius 2 is 1.71 bits per heavy atom. The van der Waals surface area contributed by atoms with Crippen LogP contribution < -0.4 is 0 Å². The molecule has 0 aromatic carbocycles. The maximum atomic E-state index is 6.90. The highest BCUT2D eigenvalue weighted by Gasteiger charge is 2.64. The Balaban J connectivity index is 1.34. The second kappa shape index (κ2) is 6.95. The number of ether oxygens (including phenoxy) is 1. The maximum Gasteiger partial charge on any atom is 0.192 e. The monoisotopic (exact) mass is 444 g/mol. The largest absolute Gasteiger partial charge is 0.414 e. The normalized spacial score (nSPS) is 49.7. The van der Waals surface area contributed by atoms with Crippen LogP contribution in [0.5, 0.6) is 0 Å². The summed E-state index contributed by atoms with van der Waals surface area (Å²) in [5, 5.41) is 0.300. The van der Waals surface area contributed by atoms with Crippen LogP contribution in [0.15, 0.2) is 11.6 Å². The average Bonchev–Trinajstić information content (AvgIpc) is 3.29. The van der Waals surface area contributed by atoms with E-state index < -0.39 is 8.32 Å². The summed E-state index contributed by atoms with van der Waals surface area (Å²) in [6.45, 7) is 20.6. The third-order valence-corrected chi connectivity index (χ3v) is 16.2. The highest BCUT2D eigenvalue weighted by molar-refractivity contribution is 6.74. The molecule has 0 spiro atoms. The Kier molecular flexibility index (Phi) is 5.08. The molecule has 0 aromatic heterocycles. The van der Waals surface area contributed by atoms with E-state index in [1.54, 1.807) is 5.57 Å². The van der Waals surface area contributed by atoms with E-state index >= 15 is 0 Å². The fraction of sp³-hybridized carbons (Fsp3) is 0.929. The Morgan fingerprint density at radius 3 is 2.35 bits per heavy atom.